The molecule has 1 atom stereocenters. The van der Waals surface area contributed by atoms with Crippen molar-refractivity contribution in [3.8, 4) is 5.75 Å². The van der Waals surface area contributed by atoms with Crippen molar-refractivity contribution in [3.05, 3.63) is 48.0 Å². The van der Waals surface area contributed by atoms with E-state index in [0.29, 0.717) is 25.7 Å². The summed E-state index contributed by atoms with van der Waals surface area (Å²) in [5.41, 5.74) is -1.95. The zero-order valence-corrected chi connectivity index (χ0v) is 21.0. The van der Waals surface area contributed by atoms with E-state index in [-0.39, 0.29) is 30.5 Å². The molecule has 0 radical (unpaired) electrons. The molecule has 0 saturated heterocycles. The minimum absolute atomic E-state index is 0. The molecule has 0 saturated carbocycles. The Morgan fingerprint density at radius 3 is 2.47 bits per heavy atom. The van der Waals surface area contributed by atoms with Crippen LogP contribution in [0.3, 0.4) is 0 Å². The SMILES string of the molecule is CCNC(=NCCC(O)(c1nccn1C)C(F)(F)F)N(C)CCOc1ccc(C)cc1.I. The summed E-state index contributed by atoms with van der Waals surface area (Å²) in [6, 6.07) is 7.66. The summed E-state index contributed by atoms with van der Waals surface area (Å²) in [6.07, 6.45) is -2.94. The van der Waals surface area contributed by atoms with E-state index in [4.69, 9.17) is 4.74 Å². The predicted octanol–water partition coefficient (Wildman–Crippen LogP) is 3.46. The van der Waals surface area contributed by atoms with Crippen molar-refractivity contribution in [1.82, 2.24) is 19.8 Å². The number of hydrogen-bond acceptors (Lipinski definition) is 4. The summed E-state index contributed by atoms with van der Waals surface area (Å²) in [7, 11) is 3.18. The van der Waals surface area contributed by atoms with E-state index in [2.05, 4.69) is 15.3 Å². The number of imidazole rings is 1. The number of hydrogen-bond donors (Lipinski definition) is 2. The first-order valence-corrected chi connectivity index (χ1v) is 10.0. The summed E-state index contributed by atoms with van der Waals surface area (Å²) < 4.78 is 47.8. The monoisotopic (exact) mass is 569 g/mol. The van der Waals surface area contributed by atoms with Crippen LogP contribution in [0, 0.1) is 6.92 Å². The quantitative estimate of drug-likeness (QED) is 0.275. The normalized spacial score (nSPS) is 13.8. The number of ether oxygens (including phenoxy) is 1. The van der Waals surface area contributed by atoms with E-state index < -0.39 is 24.0 Å². The van der Waals surface area contributed by atoms with Gasteiger partial charge in [-0.15, -0.1) is 24.0 Å². The van der Waals surface area contributed by atoms with Gasteiger partial charge in [0, 0.05) is 46.0 Å². The lowest BCUT2D eigenvalue weighted by Gasteiger charge is -2.29. The fraction of sp³-hybridized carbons (Fsp3) is 0.524. The van der Waals surface area contributed by atoms with Gasteiger partial charge in [-0.05, 0) is 26.0 Å². The Bertz CT molecular complexity index is 858. The highest BCUT2D eigenvalue weighted by molar-refractivity contribution is 14.0. The summed E-state index contributed by atoms with van der Waals surface area (Å²) in [4.78, 5) is 9.74. The molecule has 0 aliphatic rings. The molecular formula is C21H31F3IN5O2. The number of nitrogens with zero attached hydrogens (tertiary/aromatic N) is 4. The highest BCUT2D eigenvalue weighted by atomic mass is 127. The largest absolute Gasteiger partial charge is 0.492 e. The van der Waals surface area contributed by atoms with Crippen LogP contribution in [0.2, 0.25) is 0 Å². The average Bonchev–Trinajstić information content (AvgIpc) is 3.14. The van der Waals surface area contributed by atoms with Gasteiger partial charge in [0.25, 0.3) is 0 Å². The number of nitrogens with one attached hydrogen (secondary N) is 1. The number of guanidine groups is 1. The predicted molar refractivity (Wildman–Crippen MR) is 128 cm³/mol. The van der Waals surface area contributed by atoms with Gasteiger partial charge in [0.15, 0.2) is 5.96 Å². The average molecular weight is 569 g/mol. The van der Waals surface area contributed by atoms with Crippen molar-refractivity contribution in [1.29, 1.82) is 0 Å². The third-order valence-electron chi connectivity index (χ3n) is 4.81. The van der Waals surface area contributed by atoms with Crippen LogP contribution in [0.15, 0.2) is 41.7 Å². The second-order valence-corrected chi connectivity index (χ2v) is 7.29. The van der Waals surface area contributed by atoms with Crippen molar-refractivity contribution < 1.29 is 23.0 Å². The number of halogens is 4. The lowest BCUT2D eigenvalue weighted by atomic mass is 9.98. The van der Waals surface area contributed by atoms with Crippen molar-refractivity contribution in [2.75, 3.05) is 33.3 Å². The highest BCUT2D eigenvalue weighted by Gasteiger charge is 2.57. The maximum Gasteiger partial charge on any atom is 0.424 e. The molecule has 0 aliphatic carbocycles. The van der Waals surface area contributed by atoms with E-state index in [9.17, 15) is 18.3 Å². The van der Waals surface area contributed by atoms with Gasteiger partial charge >= 0.3 is 6.18 Å². The second kappa shape index (κ2) is 12.3. The maximum atomic E-state index is 13.6. The first kappa shape index (κ1) is 28.0. The van der Waals surface area contributed by atoms with E-state index >= 15 is 0 Å². The van der Waals surface area contributed by atoms with Crippen molar-refractivity contribution in [3.63, 3.8) is 0 Å². The molecular weight excluding hydrogens is 538 g/mol. The molecule has 32 heavy (non-hydrogen) atoms. The van der Waals surface area contributed by atoms with Gasteiger partial charge < -0.3 is 24.6 Å². The molecule has 1 aromatic heterocycles. The minimum atomic E-state index is -4.88. The lowest BCUT2D eigenvalue weighted by Crippen LogP contribution is -2.45. The van der Waals surface area contributed by atoms with Gasteiger partial charge in [-0.1, -0.05) is 17.7 Å². The molecule has 2 N–H and O–H groups in total. The van der Waals surface area contributed by atoms with E-state index in [1.165, 1.54) is 19.4 Å². The van der Waals surface area contributed by atoms with Crippen molar-refractivity contribution in [2.45, 2.75) is 32.0 Å². The number of aromatic nitrogens is 2. The molecule has 180 valence electrons. The summed E-state index contributed by atoms with van der Waals surface area (Å²) >= 11 is 0. The molecule has 7 nitrogen and oxygen atoms in total. The lowest BCUT2D eigenvalue weighted by molar-refractivity contribution is -0.272. The van der Waals surface area contributed by atoms with Gasteiger partial charge in [0.05, 0.1) is 6.54 Å². The molecule has 0 aliphatic heterocycles. The second-order valence-electron chi connectivity index (χ2n) is 7.29. The molecule has 11 heteroatoms. The zero-order chi connectivity index (χ0) is 23.1. The van der Waals surface area contributed by atoms with Gasteiger partial charge in [0.2, 0.25) is 5.60 Å². The fourth-order valence-electron chi connectivity index (χ4n) is 2.98. The number of aliphatic hydroxyl groups is 1. The zero-order valence-electron chi connectivity index (χ0n) is 18.7. The minimum Gasteiger partial charge on any atom is -0.492 e. The third-order valence-corrected chi connectivity index (χ3v) is 4.81. The molecule has 0 fully saturated rings. The van der Waals surface area contributed by atoms with Gasteiger partial charge in [-0.25, -0.2) is 4.98 Å². The summed E-state index contributed by atoms with van der Waals surface area (Å²) in [5.74, 6) is 0.714. The maximum absolute atomic E-state index is 13.6. The molecule has 0 amide bonds. The van der Waals surface area contributed by atoms with Gasteiger partial charge in [-0.3, -0.25) is 4.99 Å². The van der Waals surface area contributed by atoms with Crippen LogP contribution < -0.4 is 10.1 Å². The van der Waals surface area contributed by atoms with Crippen LogP contribution >= 0.6 is 24.0 Å². The molecule has 1 heterocycles. The molecule has 2 rings (SSSR count). The topological polar surface area (TPSA) is 74.9 Å². The van der Waals surface area contributed by atoms with Gasteiger partial charge in [0.1, 0.15) is 18.2 Å². The van der Waals surface area contributed by atoms with Gasteiger partial charge in [-0.2, -0.15) is 13.2 Å². The van der Waals surface area contributed by atoms with E-state index in [0.717, 1.165) is 15.9 Å². The Morgan fingerprint density at radius 2 is 1.94 bits per heavy atom. The van der Waals surface area contributed by atoms with Crippen LogP contribution in [0.25, 0.3) is 0 Å². The number of aliphatic imine (C=N–C) groups is 1. The molecule has 1 unspecified atom stereocenters. The molecule has 0 spiro atoms. The van der Waals surface area contributed by atoms with E-state index in [1.807, 2.05) is 38.1 Å². The van der Waals surface area contributed by atoms with Crippen LogP contribution in [-0.4, -0.2) is 65.0 Å². The number of benzene rings is 1. The molecule has 0 bridgehead atoms. The summed E-state index contributed by atoms with van der Waals surface area (Å²) in [6.45, 7) is 5.02. The Morgan fingerprint density at radius 1 is 1.28 bits per heavy atom. The Kier molecular flexibility index (Phi) is 10.8. The van der Waals surface area contributed by atoms with Crippen molar-refractivity contribution >= 4 is 29.9 Å². The third kappa shape index (κ3) is 7.26. The van der Waals surface area contributed by atoms with Crippen LogP contribution in [0.4, 0.5) is 13.2 Å². The Hall–Kier alpha value is -2.02. The smallest absolute Gasteiger partial charge is 0.424 e. The van der Waals surface area contributed by atoms with Crippen LogP contribution in [0.1, 0.15) is 24.7 Å². The first-order chi connectivity index (χ1) is 14.6. The van der Waals surface area contributed by atoms with E-state index in [1.54, 1.807) is 11.9 Å². The number of alkyl halides is 3. The fourth-order valence-corrected chi connectivity index (χ4v) is 2.98. The number of likely N-dealkylation sites (N-methyl/N-ethyl adjacent to an activating group) is 1. The van der Waals surface area contributed by atoms with Crippen LogP contribution in [0.5, 0.6) is 5.75 Å². The molecule has 1 aromatic carbocycles. The number of aryl methyl sites for hydroxylation is 2. The highest BCUT2D eigenvalue weighted by Crippen LogP contribution is 2.40. The summed E-state index contributed by atoms with van der Waals surface area (Å²) in [5, 5.41) is 13.5. The Balaban J connectivity index is 0.00000512. The standard InChI is InChI=1S/C21H30F3N5O2.HI/c1-5-25-19(29(4)14-15-31-17-8-6-16(2)7-9-17)27-11-10-20(30,21(22,23)24)18-26-12-13-28(18)3;/h6-9,12-13,30H,5,10-11,14-15H2,1-4H3,(H,25,27);1H. The van der Waals surface area contributed by atoms with Crippen molar-refractivity contribution in [2.24, 2.45) is 12.0 Å². The van der Waals surface area contributed by atoms with Crippen LogP contribution in [-0.2, 0) is 12.6 Å². The first-order valence-electron chi connectivity index (χ1n) is 10.0. The number of rotatable bonds is 9. The molecule has 2 aromatic rings. The Labute approximate surface area is 203 Å².